The van der Waals surface area contributed by atoms with E-state index >= 15 is 0 Å². The molecule has 3 rings (SSSR count). The molecule has 2 N–H and O–H groups in total. The number of H-pyrrole nitrogens is 1. The van der Waals surface area contributed by atoms with Gasteiger partial charge in [0.25, 0.3) is 0 Å². The Bertz CT molecular complexity index is 706. The number of aryl methyl sites for hydroxylation is 1. The topological polar surface area (TPSA) is 79.4 Å². The van der Waals surface area contributed by atoms with Crippen LogP contribution in [0.15, 0.2) is 22.6 Å². The highest BCUT2D eigenvalue weighted by molar-refractivity contribution is 7.99. The van der Waals surface area contributed by atoms with Crippen LogP contribution in [0.3, 0.4) is 0 Å². The van der Waals surface area contributed by atoms with Gasteiger partial charge >= 0.3 is 0 Å². The lowest BCUT2D eigenvalue weighted by molar-refractivity contribution is 0.942. The number of hydrogen-bond donors (Lipinski definition) is 2. The third kappa shape index (κ3) is 2.75. The molecule has 0 saturated carbocycles. The third-order valence-electron chi connectivity index (χ3n) is 2.60. The Morgan fingerprint density at radius 3 is 3.05 bits per heavy atom. The van der Waals surface area contributed by atoms with Crippen molar-refractivity contribution in [1.29, 1.82) is 0 Å². The Hall–Kier alpha value is -1.67. The monoisotopic (exact) mass is 306 g/mol. The summed E-state index contributed by atoms with van der Waals surface area (Å²) in [4.78, 5) is 15.5. The first kappa shape index (κ1) is 13.3. The second-order valence-electron chi connectivity index (χ2n) is 4.25. The fourth-order valence-electron chi connectivity index (χ4n) is 1.74. The standard InChI is InChI=1S/C12H14N6S2/c1-3-4-13-11-16-9-8(5-7(2)19-9)10(17-11)20-12-14-6-15-18-12/h5-6H,3-4H2,1-2H3,(H,13,16,17)(H,14,15,18). The van der Waals surface area contributed by atoms with Crippen molar-refractivity contribution in [2.45, 2.75) is 30.5 Å². The molecule has 0 aliphatic heterocycles. The summed E-state index contributed by atoms with van der Waals surface area (Å²) in [6.45, 7) is 5.06. The van der Waals surface area contributed by atoms with E-state index in [0.717, 1.165) is 33.4 Å². The zero-order chi connectivity index (χ0) is 13.9. The van der Waals surface area contributed by atoms with Crippen LogP contribution in [0, 0.1) is 6.92 Å². The first-order chi connectivity index (χ1) is 9.76. The van der Waals surface area contributed by atoms with Crippen molar-refractivity contribution in [2.24, 2.45) is 0 Å². The van der Waals surface area contributed by atoms with Gasteiger partial charge in [0, 0.05) is 16.8 Å². The van der Waals surface area contributed by atoms with E-state index in [4.69, 9.17) is 0 Å². The predicted molar refractivity (Wildman–Crippen MR) is 81.4 cm³/mol. The molecule has 6 nitrogen and oxygen atoms in total. The third-order valence-corrected chi connectivity index (χ3v) is 4.44. The number of rotatable bonds is 5. The molecular formula is C12H14N6S2. The van der Waals surface area contributed by atoms with Crippen LogP contribution in [0.25, 0.3) is 10.2 Å². The van der Waals surface area contributed by atoms with Crippen LogP contribution in [0.2, 0.25) is 0 Å². The largest absolute Gasteiger partial charge is 0.354 e. The number of nitrogens with zero attached hydrogens (tertiary/aromatic N) is 4. The second kappa shape index (κ2) is 5.76. The Balaban J connectivity index is 2.02. The molecule has 0 aromatic carbocycles. The molecule has 0 amide bonds. The van der Waals surface area contributed by atoms with Crippen LogP contribution >= 0.6 is 23.1 Å². The Morgan fingerprint density at radius 1 is 1.40 bits per heavy atom. The van der Waals surface area contributed by atoms with Crippen LogP contribution in [-0.4, -0.2) is 31.7 Å². The molecule has 0 fully saturated rings. The van der Waals surface area contributed by atoms with Crippen LogP contribution in [-0.2, 0) is 0 Å². The summed E-state index contributed by atoms with van der Waals surface area (Å²) in [5.74, 6) is 0.670. The lowest BCUT2D eigenvalue weighted by Crippen LogP contribution is -2.04. The summed E-state index contributed by atoms with van der Waals surface area (Å²) in [7, 11) is 0. The molecule has 8 heteroatoms. The number of hydrogen-bond acceptors (Lipinski definition) is 7. The molecule has 0 spiro atoms. The number of aromatic amines is 1. The van der Waals surface area contributed by atoms with E-state index in [1.807, 2.05) is 0 Å². The highest BCUT2D eigenvalue weighted by Crippen LogP contribution is 2.34. The van der Waals surface area contributed by atoms with Crippen molar-refractivity contribution in [3.8, 4) is 0 Å². The van der Waals surface area contributed by atoms with E-state index in [1.165, 1.54) is 23.0 Å². The summed E-state index contributed by atoms with van der Waals surface area (Å²) >= 11 is 3.15. The van der Waals surface area contributed by atoms with Gasteiger partial charge in [0.2, 0.25) is 5.95 Å². The van der Waals surface area contributed by atoms with Gasteiger partial charge in [-0.15, -0.1) is 11.3 Å². The molecule has 3 aromatic rings. The van der Waals surface area contributed by atoms with Crippen LogP contribution in [0.1, 0.15) is 18.2 Å². The van der Waals surface area contributed by atoms with Crippen molar-refractivity contribution in [3.05, 3.63) is 17.3 Å². The minimum Gasteiger partial charge on any atom is -0.354 e. The zero-order valence-electron chi connectivity index (χ0n) is 11.2. The van der Waals surface area contributed by atoms with Gasteiger partial charge in [-0.3, -0.25) is 5.10 Å². The molecule has 3 heterocycles. The number of fused-ring (bicyclic) bond motifs is 1. The van der Waals surface area contributed by atoms with E-state index < -0.39 is 0 Å². The minimum atomic E-state index is 0.670. The normalized spacial score (nSPS) is 11.1. The van der Waals surface area contributed by atoms with E-state index in [0.29, 0.717) is 5.95 Å². The SMILES string of the molecule is CCCNc1nc(Sc2ncn[nH]2)c2cc(C)sc2n1. The lowest BCUT2D eigenvalue weighted by atomic mass is 10.4. The highest BCUT2D eigenvalue weighted by Gasteiger charge is 2.13. The first-order valence-corrected chi connectivity index (χ1v) is 7.95. The molecule has 0 bridgehead atoms. The van der Waals surface area contributed by atoms with Crippen LogP contribution < -0.4 is 5.32 Å². The fourth-order valence-corrected chi connectivity index (χ4v) is 3.47. The van der Waals surface area contributed by atoms with Gasteiger partial charge in [0.1, 0.15) is 16.2 Å². The molecule has 0 unspecified atom stereocenters. The van der Waals surface area contributed by atoms with Gasteiger partial charge in [-0.25, -0.2) is 15.0 Å². The molecule has 0 radical (unpaired) electrons. The molecule has 0 aliphatic carbocycles. The van der Waals surface area contributed by atoms with E-state index in [2.05, 4.69) is 50.4 Å². The molecule has 104 valence electrons. The summed E-state index contributed by atoms with van der Waals surface area (Å²) in [5.41, 5.74) is 0. The van der Waals surface area contributed by atoms with Crippen LogP contribution in [0.4, 0.5) is 5.95 Å². The molecular weight excluding hydrogens is 292 g/mol. The summed E-state index contributed by atoms with van der Waals surface area (Å²) in [5, 5.41) is 12.6. The van der Waals surface area contributed by atoms with Crippen molar-refractivity contribution < 1.29 is 0 Å². The van der Waals surface area contributed by atoms with E-state index in [-0.39, 0.29) is 0 Å². The number of anilines is 1. The van der Waals surface area contributed by atoms with Crippen LogP contribution in [0.5, 0.6) is 0 Å². The maximum Gasteiger partial charge on any atom is 0.225 e. The zero-order valence-corrected chi connectivity index (χ0v) is 12.8. The Labute approximate surface area is 124 Å². The summed E-state index contributed by atoms with van der Waals surface area (Å²) in [6, 6.07) is 2.11. The van der Waals surface area contributed by atoms with Gasteiger partial charge in [-0.1, -0.05) is 6.92 Å². The van der Waals surface area contributed by atoms with Crippen molar-refractivity contribution >= 4 is 39.3 Å². The number of nitrogens with one attached hydrogen (secondary N) is 2. The molecule has 0 aliphatic rings. The maximum atomic E-state index is 4.59. The van der Waals surface area contributed by atoms with Gasteiger partial charge in [0.15, 0.2) is 5.16 Å². The van der Waals surface area contributed by atoms with Crippen molar-refractivity contribution in [1.82, 2.24) is 25.1 Å². The Morgan fingerprint density at radius 2 is 2.30 bits per heavy atom. The average molecular weight is 306 g/mol. The first-order valence-electron chi connectivity index (χ1n) is 6.31. The quantitative estimate of drug-likeness (QED) is 0.705. The molecule has 0 atom stereocenters. The van der Waals surface area contributed by atoms with Crippen molar-refractivity contribution in [2.75, 3.05) is 11.9 Å². The highest BCUT2D eigenvalue weighted by atomic mass is 32.2. The van der Waals surface area contributed by atoms with E-state index in [9.17, 15) is 0 Å². The van der Waals surface area contributed by atoms with E-state index in [1.54, 1.807) is 11.3 Å². The Kier molecular flexibility index (Phi) is 3.83. The maximum absolute atomic E-state index is 4.59. The summed E-state index contributed by atoms with van der Waals surface area (Å²) < 4.78 is 0. The van der Waals surface area contributed by atoms with Gasteiger partial charge in [0.05, 0.1) is 0 Å². The van der Waals surface area contributed by atoms with Gasteiger partial charge in [-0.05, 0) is 31.2 Å². The number of thiophene rings is 1. The van der Waals surface area contributed by atoms with Gasteiger partial charge < -0.3 is 5.32 Å². The van der Waals surface area contributed by atoms with Gasteiger partial charge in [-0.2, -0.15) is 5.10 Å². The average Bonchev–Trinajstić information content (AvgIpc) is 3.05. The minimum absolute atomic E-state index is 0.670. The number of aromatic nitrogens is 5. The smallest absolute Gasteiger partial charge is 0.225 e. The predicted octanol–water partition coefficient (Wildman–Crippen LogP) is 3.09. The van der Waals surface area contributed by atoms with Crippen molar-refractivity contribution in [3.63, 3.8) is 0 Å². The lowest BCUT2D eigenvalue weighted by Gasteiger charge is -2.05. The fraction of sp³-hybridized carbons (Fsp3) is 0.333. The second-order valence-corrected chi connectivity index (χ2v) is 6.46. The summed E-state index contributed by atoms with van der Waals surface area (Å²) in [6.07, 6.45) is 2.53. The molecule has 20 heavy (non-hydrogen) atoms. The molecule has 0 saturated heterocycles. The molecule has 3 aromatic heterocycles.